The summed E-state index contributed by atoms with van der Waals surface area (Å²) in [5, 5.41) is 49.7. The molecule has 67 heavy (non-hydrogen) atoms. The lowest BCUT2D eigenvalue weighted by molar-refractivity contribution is -0.130. The van der Waals surface area contributed by atoms with E-state index in [1.165, 1.54) is 14.4 Å². The quantitative estimate of drug-likeness (QED) is 0.0338. The van der Waals surface area contributed by atoms with Crippen LogP contribution in [0.1, 0.15) is 70.4 Å². The largest absolute Gasteiger partial charge is 0.378 e. The molecule has 7 N–H and O–H groups in total. The van der Waals surface area contributed by atoms with Gasteiger partial charge in [0, 0.05) is 26.2 Å². The molecule has 0 bridgehead atoms. The number of unbranched alkanes of at least 4 members (excludes halogenated alkanes) is 2. The number of nitrogens with zero attached hydrogens (tertiary/aromatic N) is 12. The number of nitrogens with one attached hydrogen (secondary N) is 5. The Hall–Kier alpha value is -7.90. The Morgan fingerprint density at radius 3 is 1.34 bits per heavy atom. The fourth-order valence-corrected chi connectivity index (χ4v) is 6.24. The number of aromatic nitrogens is 12. The van der Waals surface area contributed by atoms with Crippen LogP contribution in [-0.2, 0) is 19.1 Å². The third kappa shape index (κ3) is 15.4. The lowest BCUT2D eigenvalue weighted by Gasteiger charge is -2.23. The van der Waals surface area contributed by atoms with Gasteiger partial charge in [-0.2, -0.15) is 0 Å². The fourth-order valence-electron chi connectivity index (χ4n) is 6.24. The highest BCUT2D eigenvalue weighted by molar-refractivity contribution is 5.96. The van der Waals surface area contributed by atoms with Crippen molar-refractivity contribution in [2.75, 3.05) is 52.6 Å². The molecule has 0 radical (unpaired) electrons. The van der Waals surface area contributed by atoms with E-state index in [1.54, 1.807) is 48.5 Å². The van der Waals surface area contributed by atoms with Crippen molar-refractivity contribution >= 4 is 29.5 Å². The molecule has 3 aromatic carbocycles. The van der Waals surface area contributed by atoms with Crippen molar-refractivity contribution in [3.63, 3.8) is 0 Å². The Morgan fingerprint density at radius 2 is 0.896 bits per heavy atom. The molecular formula is C42H52N18O7. The Kier molecular flexibility index (Phi) is 19.0. The summed E-state index contributed by atoms with van der Waals surface area (Å²) < 4.78 is 10.8. The Labute approximate surface area is 383 Å². The van der Waals surface area contributed by atoms with Crippen molar-refractivity contribution in [1.82, 2.24) is 87.2 Å². The van der Waals surface area contributed by atoms with E-state index in [9.17, 15) is 24.0 Å². The minimum atomic E-state index is -1.16. The smallest absolute Gasteiger partial charge is 0.293 e. The minimum Gasteiger partial charge on any atom is -0.378 e. The Bertz CT molecular complexity index is 2470. The number of tetrazole rings is 3. The SMILES string of the molecule is NCCOCCOCCNC(=O)[C@H](CCCCNC(=O)c1nnn(-c2ccccc2)n1)NC(=O)[C@H](CCCCNC(=O)c1nnn(-c2ccccc2)n1)NC(=O)c1nnn(-c2ccccc2)n1. The highest BCUT2D eigenvalue weighted by atomic mass is 16.5. The minimum absolute atomic E-state index is 0.103. The summed E-state index contributed by atoms with van der Waals surface area (Å²) in [6.45, 7) is 2.16. The molecule has 0 fully saturated rings. The Morgan fingerprint density at radius 1 is 0.478 bits per heavy atom. The van der Waals surface area contributed by atoms with Crippen molar-refractivity contribution in [2.45, 2.75) is 50.6 Å². The molecule has 5 amide bonds. The average molecular weight is 921 g/mol. The van der Waals surface area contributed by atoms with Crippen LogP contribution in [0.5, 0.6) is 0 Å². The summed E-state index contributed by atoms with van der Waals surface area (Å²) >= 11 is 0. The molecule has 6 aromatic rings. The molecule has 0 aliphatic carbocycles. The molecule has 2 atom stereocenters. The molecule has 3 aromatic heterocycles. The first kappa shape index (κ1) is 48.6. The first-order valence-electron chi connectivity index (χ1n) is 21.7. The number of hydrogen-bond donors (Lipinski definition) is 6. The average Bonchev–Trinajstić information content (AvgIpc) is 4.18. The predicted octanol–water partition coefficient (Wildman–Crippen LogP) is -0.494. The van der Waals surface area contributed by atoms with Gasteiger partial charge in [-0.25, -0.2) is 0 Å². The van der Waals surface area contributed by atoms with E-state index in [2.05, 4.69) is 72.8 Å². The molecule has 0 aliphatic rings. The van der Waals surface area contributed by atoms with E-state index in [1.807, 2.05) is 42.5 Å². The predicted molar refractivity (Wildman–Crippen MR) is 237 cm³/mol. The number of rotatable bonds is 28. The molecule has 0 aliphatic heterocycles. The molecule has 0 saturated carbocycles. The summed E-state index contributed by atoms with van der Waals surface area (Å²) in [6, 6.07) is 24.6. The van der Waals surface area contributed by atoms with Crippen LogP contribution in [0.3, 0.4) is 0 Å². The summed E-state index contributed by atoms with van der Waals surface area (Å²) in [4.78, 5) is 70.5. The molecule has 0 spiro atoms. The highest BCUT2D eigenvalue weighted by Crippen LogP contribution is 2.09. The molecular weight excluding hydrogens is 869 g/mol. The van der Waals surface area contributed by atoms with Crippen LogP contribution in [0.2, 0.25) is 0 Å². The Balaban J connectivity index is 1.06. The van der Waals surface area contributed by atoms with E-state index < -0.39 is 41.6 Å². The second kappa shape index (κ2) is 26.2. The van der Waals surface area contributed by atoms with Gasteiger partial charge in [-0.3, -0.25) is 24.0 Å². The van der Waals surface area contributed by atoms with Crippen molar-refractivity contribution in [1.29, 1.82) is 0 Å². The van der Waals surface area contributed by atoms with Gasteiger partial charge in [-0.15, -0.1) is 45.0 Å². The van der Waals surface area contributed by atoms with E-state index in [4.69, 9.17) is 15.2 Å². The van der Waals surface area contributed by atoms with E-state index in [-0.39, 0.29) is 56.6 Å². The monoisotopic (exact) mass is 920 g/mol. The van der Waals surface area contributed by atoms with Gasteiger partial charge in [0.2, 0.25) is 11.8 Å². The summed E-state index contributed by atoms with van der Waals surface area (Å²) in [6.07, 6.45) is 1.85. The van der Waals surface area contributed by atoms with Crippen LogP contribution in [0.15, 0.2) is 91.0 Å². The van der Waals surface area contributed by atoms with Crippen LogP contribution >= 0.6 is 0 Å². The fraction of sp³-hybridized carbons (Fsp3) is 0.381. The van der Waals surface area contributed by atoms with Gasteiger partial charge in [-0.05, 0) is 90.6 Å². The molecule has 352 valence electrons. The second-order valence-electron chi connectivity index (χ2n) is 14.6. The van der Waals surface area contributed by atoms with Crippen LogP contribution in [0.4, 0.5) is 0 Å². The third-order valence-corrected chi connectivity index (χ3v) is 9.66. The zero-order valence-electron chi connectivity index (χ0n) is 36.5. The second-order valence-corrected chi connectivity index (χ2v) is 14.6. The maximum absolute atomic E-state index is 14.1. The third-order valence-electron chi connectivity index (χ3n) is 9.66. The normalized spacial score (nSPS) is 11.9. The number of carbonyl (C=O) groups excluding carboxylic acids is 5. The number of ether oxygens (including phenoxy) is 2. The lowest BCUT2D eigenvalue weighted by atomic mass is 10.1. The molecule has 25 nitrogen and oxygen atoms in total. The number of para-hydroxylation sites is 3. The summed E-state index contributed by atoms with van der Waals surface area (Å²) in [5.41, 5.74) is 7.28. The number of benzene rings is 3. The maximum atomic E-state index is 14.1. The van der Waals surface area contributed by atoms with Gasteiger partial charge in [0.1, 0.15) is 12.1 Å². The molecule has 0 saturated heterocycles. The maximum Gasteiger partial charge on any atom is 0.293 e. The van der Waals surface area contributed by atoms with Crippen molar-refractivity contribution in [3.8, 4) is 17.1 Å². The number of amides is 5. The zero-order valence-corrected chi connectivity index (χ0v) is 36.5. The first-order valence-corrected chi connectivity index (χ1v) is 21.7. The molecule has 3 heterocycles. The van der Waals surface area contributed by atoms with Gasteiger partial charge < -0.3 is 41.8 Å². The van der Waals surface area contributed by atoms with Crippen LogP contribution in [0, 0.1) is 0 Å². The highest BCUT2D eigenvalue weighted by Gasteiger charge is 2.28. The van der Waals surface area contributed by atoms with Crippen LogP contribution < -0.4 is 32.3 Å². The summed E-state index contributed by atoms with van der Waals surface area (Å²) in [5.74, 6) is -3.49. The first-order chi connectivity index (χ1) is 32.8. The topological polar surface area (TPSA) is 321 Å². The van der Waals surface area contributed by atoms with E-state index in [0.717, 1.165) is 0 Å². The van der Waals surface area contributed by atoms with Gasteiger partial charge in [0.15, 0.2) is 0 Å². The van der Waals surface area contributed by atoms with Crippen LogP contribution in [0.25, 0.3) is 17.1 Å². The molecule has 0 unspecified atom stereocenters. The van der Waals surface area contributed by atoms with Crippen molar-refractivity contribution in [2.24, 2.45) is 5.73 Å². The van der Waals surface area contributed by atoms with Crippen LogP contribution in [-0.4, -0.2) is 155 Å². The number of nitrogens with two attached hydrogens (primary N) is 1. The van der Waals surface area contributed by atoms with Gasteiger partial charge in [0.05, 0.1) is 43.5 Å². The standard InChI is InChI=1S/C42H52N18O7/c43-22-26-66-28-29-67-27-25-46-38(61)33(20-10-12-23-44-40(63)35-49-55-58(52-35)30-14-4-1-5-15-30)47-39(62)34(48-42(65)37-51-57-60(54-37)32-18-8-3-9-19-32)21-11-13-24-45-41(64)36-50-56-59(53-36)31-16-6-2-7-17-31/h1-9,14-19,33-34H,10-13,20-29,43H2,(H,44,63)(H,45,64)(H,46,61)(H,47,62)(H,48,65)/t33-,34-/m0/s1. The number of carbonyl (C=O) groups is 5. The molecule has 25 heteroatoms. The zero-order chi connectivity index (χ0) is 47.1. The van der Waals surface area contributed by atoms with Gasteiger partial charge in [0.25, 0.3) is 35.2 Å². The molecule has 6 rings (SSSR count). The summed E-state index contributed by atoms with van der Waals surface area (Å²) in [7, 11) is 0. The number of hydrogen-bond acceptors (Lipinski definition) is 17. The van der Waals surface area contributed by atoms with E-state index >= 15 is 0 Å². The lowest BCUT2D eigenvalue weighted by Crippen LogP contribution is -2.54. The van der Waals surface area contributed by atoms with E-state index in [0.29, 0.717) is 69.1 Å². The van der Waals surface area contributed by atoms with Gasteiger partial charge >= 0.3 is 0 Å². The van der Waals surface area contributed by atoms with Crippen molar-refractivity contribution in [3.05, 3.63) is 108 Å². The van der Waals surface area contributed by atoms with Crippen molar-refractivity contribution < 1.29 is 33.4 Å². The van der Waals surface area contributed by atoms with Gasteiger partial charge in [-0.1, -0.05) is 54.6 Å².